The number of Topliss-reactive ketones (excluding diaryl/α,β-unsaturated/α-hetero) is 1. The van der Waals surface area contributed by atoms with Gasteiger partial charge in [0.15, 0.2) is 0 Å². The number of ketones is 1. The molecule has 0 aliphatic heterocycles. The molecule has 4 nitrogen and oxygen atoms in total. The molecule has 0 spiro atoms. The van der Waals surface area contributed by atoms with Crippen LogP contribution < -0.4 is 0 Å². The number of aliphatic hydroxyl groups excluding tert-OH is 3. The van der Waals surface area contributed by atoms with Gasteiger partial charge in [-0.15, -0.1) is 0 Å². The van der Waals surface area contributed by atoms with Gasteiger partial charge < -0.3 is 15.3 Å². The van der Waals surface area contributed by atoms with Gasteiger partial charge >= 0.3 is 0 Å². The van der Waals surface area contributed by atoms with E-state index >= 15 is 0 Å². The Bertz CT molecular complexity index is 911. The molecule has 0 amide bonds. The van der Waals surface area contributed by atoms with E-state index in [0.717, 1.165) is 51.4 Å². The van der Waals surface area contributed by atoms with Crippen LogP contribution in [-0.2, 0) is 4.79 Å². The van der Waals surface area contributed by atoms with E-state index in [1.165, 1.54) is 5.57 Å². The van der Waals surface area contributed by atoms with Gasteiger partial charge in [0, 0.05) is 23.9 Å². The Hall–Kier alpha value is -0.710. The van der Waals surface area contributed by atoms with Crippen molar-refractivity contribution in [3.05, 3.63) is 11.6 Å². The summed E-state index contributed by atoms with van der Waals surface area (Å²) in [6, 6.07) is 0. The first-order valence-electron chi connectivity index (χ1n) is 13.9. The van der Waals surface area contributed by atoms with Gasteiger partial charge in [0.05, 0.1) is 12.7 Å². The first-order valence-corrected chi connectivity index (χ1v) is 13.9. The van der Waals surface area contributed by atoms with Gasteiger partial charge in [-0.1, -0.05) is 53.2 Å². The summed E-state index contributed by atoms with van der Waals surface area (Å²) in [5, 5.41) is 31.5. The summed E-state index contributed by atoms with van der Waals surface area (Å²) in [5.41, 5.74) is 0.752. The highest BCUT2D eigenvalue weighted by atomic mass is 16.3. The summed E-state index contributed by atoms with van der Waals surface area (Å²) in [5.74, 6) is 1.42. The van der Waals surface area contributed by atoms with Crippen molar-refractivity contribution in [1.29, 1.82) is 0 Å². The van der Waals surface area contributed by atoms with E-state index in [9.17, 15) is 20.1 Å². The molecule has 0 saturated heterocycles. The molecule has 4 heteroatoms. The average molecular weight is 473 g/mol. The Morgan fingerprint density at radius 1 is 0.912 bits per heavy atom. The molecule has 7 unspecified atom stereocenters. The number of allylic oxidation sites excluding steroid dienone is 2. The molecule has 5 aliphatic rings. The van der Waals surface area contributed by atoms with Crippen LogP contribution in [0.2, 0.25) is 0 Å². The molecule has 4 fully saturated rings. The fourth-order valence-electron chi connectivity index (χ4n) is 10.5. The highest BCUT2D eigenvalue weighted by Crippen LogP contribution is 2.75. The van der Waals surface area contributed by atoms with Crippen LogP contribution in [0.1, 0.15) is 99.3 Å². The molecule has 0 bridgehead atoms. The third-order valence-corrected chi connectivity index (χ3v) is 13.2. The zero-order valence-corrected chi connectivity index (χ0v) is 22.4. The van der Waals surface area contributed by atoms with Crippen molar-refractivity contribution >= 4 is 5.78 Å². The van der Waals surface area contributed by atoms with Crippen LogP contribution in [0.25, 0.3) is 0 Å². The number of rotatable bonds is 2. The summed E-state index contributed by atoms with van der Waals surface area (Å²) in [4.78, 5) is 13.5. The highest BCUT2D eigenvalue weighted by Gasteiger charge is 2.69. The fourth-order valence-corrected chi connectivity index (χ4v) is 10.5. The molecule has 0 heterocycles. The summed E-state index contributed by atoms with van der Waals surface area (Å²) >= 11 is 0. The maximum absolute atomic E-state index is 13.5. The number of hydrogen-bond donors (Lipinski definition) is 3. The molecular weight excluding hydrogens is 424 g/mol. The summed E-state index contributed by atoms with van der Waals surface area (Å²) < 4.78 is 0. The molecule has 4 saturated carbocycles. The lowest BCUT2D eigenvalue weighted by Gasteiger charge is -2.71. The van der Waals surface area contributed by atoms with Crippen LogP contribution in [0.3, 0.4) is 0 Å². The standard InChI is InChI=1S/C30H48O4/c1-25(17-31)15-20-19-7-8-22-27(3)11-10-23(33)28(4,18-32)21(27)9-12-30(22,6)29(19,5)14-13-26(20,2)24(34)16-25/h7,20-23,31-33H,8-18H2,1-6H3/t20?,21?,22?,23?,25-,26?,27+,28?,29?,30-/m1/s1. The van der Waals surface area contributed by atoms with Crippen molar-refractivity contribution in [2.75, 3.05) is 13.2 Å². The van der Waals surface area contributed by atoms with E-state index < -0.39 is 11.5 Å². The van der Waals surface area contributed by atoms with Crippen molar-refractivity contribution in [2.45, 2.75) is 105 Å². The zero-order valence-electron chi connectivity index (χ0n) is 22.4. The molecule has 5 rings (SSSR count). The van der Waals surface area contributed by atoms with E-state index in [1.807, 2.05) is 0 Å². The average Bonchev–Trinajstić information content (AvgIpc) is 2.79. The Morgan fingerprint density at radius 3 is 2.26 bits per heavy atom. The molecule has 0 aromatic rings. The van der Waals surface area contributed by atoms with E-state index in [4.69, 9.17) is 0 Å². The van der Waals surface area contributed by atoms with Crippen LogP contribution in [0.5, 0.6) is 0 Å². The first-order chi connectivity index (χ1) is 15.7. The van der Waals surface area contributed by atoms with Crippen molar-refractivity contribution in [3.63, 3.8) is 0 Å². The van der Waals surface area contributed by atoms with Crippen LogP contribution in [-0.4, -0.2) is 40.4 Å². The summed E-state index contributed by atoms with van der Waals surface area (Å²) in [7, 11) is 0. The fraction of sp³-hybridized carbons (Fsp3) is 0.900. The molecule has 5 aliphatic carbocycles. The van der Waals surface area contributed by atoms with Crippen molar-refractivity contribution in [2.24, 2.45) is 50.2 Å². The van der Waals surface area contributed by atoms with Crippen molar-refractivity contribution in [3.8, 4) is 0 Å². The van der Waals surface area contributed by atoms with Crippen LogP contribution in [0, 0.1) is 50.2 Å². The van der Waals surface area contributed by atoms with Crippen molar-refractivity contribution < 1.29 is 20.1 Å². The maximum atomic E-state index is 13.5. The monoisotopic (exact) mass is 472 g/mol. The van der Waals surface area contributed by atoms with Gasteiger partial charge in [0.2, 0.25) is 0 Å². The summed E-state index contributed by atoms with van der Waals surface area (Å²) in [6.45, 7) is 14.0. The van der Waals surface area contributed by atoms with Gasteiger partial charge in [-0.05, 0) is 90.8 Å². The SMILES string of the molecule is CC12CCC3(C)C(=CCC4[C@@]5(C)CCC(O)C(C)(CO)C5CC[C@]43C)C1C[C@@](C)(CO)CC2=O. The minimum Gasteiger partial charge on any atom is -0.396 e. The van der Waals surface area contributed by atoms with Gasteiger partial charge in [-0.25, -0.2) is 0 Å². The maximum Gasteiger partial charge on any atom is 0.139 e. The third-order valence-electron chi connectivity index (χ3n) is 13.2. The number of fused-ring (bicyclic) bond motifs is 7. The summed E-state index contributed by atoms with van der Waals surface area (Å²) in [6.07, 6.45) is 10.5. The normalized spacial score (nSPS) is 57.1. The Labute approximate surface area is 206 Å². The Balaban J connectivity index is 1.58. The molecule has 0 aromatic heterocycles. The second-order valence-electron chi connectivity index (χ2n) is 14.8. The quantitative estimate of drug-likeness (QED) is 0.477. The van der Waals surface area contributed by atoms with E-state index in [-0.39, 0.29) is 46.2 Å². The minimum absolute atomic E-state index is 0.0493. The molecule has 0 radical (unpaired) electrons. The van der Waals surface area contributed by atoms with Crippen LogP contribution in [0.15, 0.2) is 11.6 Å². The molecule has 34 heavy (non-hydrogen) atoms. The van der Waals surface area contributed by atoms with Gasteiger partial charge in [-0.3, -0.25) is 4.79 Å². The second kappa shape index (κ2) is 7.42. The number of hydrogen-bond acceptors (Lipinski definition) is 4. The number of aliphatic hydroxyl groups is 3. The highest BCUT2D eigenvalue weighted by molar-refractivity contribution is 5.87. The van der Waals surface area contributed by atoms with Gasteiger partial charge in [-0.2, -0.15) is 0 Å². The predicted molar refractivity (Wildman–Crippen MR) is 134 cm³/mol. The molecule has 3 N–H and O–H groups in total. The third kappa shape index (κ3) is 2.85. The second-order valence-corrected chi connectivity index (χ2v) is 14.8. The van der Waals surface area contributed by atoms with Crippen LogP contribution >= 0.6 is 0 Å². The van der Waals surface area contributed by atoms with Gasteiger partial charge in [0.25, 0.3) is 0 Å². The zero-order chi connectivity index (χ0) is 24.9. The lowest BCUT2D eigenvalue weighted by atomic mass is 9.33. The molecule has 192 valence electrons. The Kier molecular flexibility index (Phi) is 5.44. The van der Waals surface area contributed by atoms with E-state index in [0.29, 0.717) is 24.0 Å². The van der Waals surface area contributed by atoms with E-state index in [1.54, 1.807) is 0 Å². The molecule has 10 atom stereocenters. The Morgan fingerprint density at radius 2 is 1.62 bits per heavy atom. The lowest BCUT2D eigenvalue weighted by molar-refractivity contribution is -0.215. The van der Waals surface area contributed by atoms with Crippen molar-refractivity contribution in [1.82, 2.24) is 0 Å². The first kappa shape index (κ1) is 25.0. The lowest BCUT2D eigenvalue weighted by Crippen LogP contribution is -2.66. The number of carbonyl (C=O) groups excluding carboxylic acids is 1. The minimum atomic E-state index is -0.427. The smallest absolute Gasteiger partial charge is 0.139 e. The number of carbonyl (C=O) groups is 1. The van der Waals surface area contributed by atoms with Gasteiger partial charge in [0.1, 0.15) is 5.78 Å². The largest absolute Gasteiger partial charge is 0.396 e. The van der Waals surface area contributed by atoms with Crippen LogP contribution in [0.4, 0.5) is 0 Å². The molecule has 0 aromatic carbocycles. The van der Waals surface area contributed by atoms with E-state index in [2.05, 4.69) is 47.6 Å². The predicted octanol–water partition coefficient (Wildman–Crippen LogP) is 5.29. The topological polar surface area (TPSA) is 77.8 Å². The molecular formula is C30H48O4.